The fourth-order valence-electron chi connectivity index (χ4n) is 2.92. The number of hydrazone groups is 1. The lowest BCUT2D eigenvalue weighted by Gasteiger charge is -2.16. The number of hydrogen-bond acceptors (Lipinski definition) is 4. The number of halogens is 1. The van der Waals surface area contributed by atoms with Crippen LogP contribution < -0.4 is 14.5 Å². The molecule has 0 radical (unpaired) electrons. The van der Waals surface area contributed by atoms with Crippen molar-refractivity contribution in [3.63, 3.8) is 0 Å². The molecule has 0 saturated carbocycles. The number of rotatable bonds is 7. The van der Waals surface area contributed by atoms with E-state index in [4.69, 9.17) is 9.47 Å². The average Bonchev–Trinajstić information content (AvgIpc) is 2.96. The fraction of sp³-hybridized carbons (Fsp3) is 0.304. The van der Waals surface area contributed by atoms with Crippen molar-refractivity contribution in [2.24, 2.45) is 11.0 Å². The van der Waals surface area contributed by atoms with E-state index in [1.165, 1.54) is 5.01 Å². The van der Waals surface area contributed by atoms with Gasteiger partial charge in [-0.3, -0.25) is 4.79 Å². The first kappa shape index (κ1) is 21.1. The molecule has 1 aliphatic rings. The summed E-state index contributed by atoms with van der Waals surface area (Å²) < 4.78 is 12.5. The average molecular weight is 457 g/mol. The molecule has 0 unspecified atom stereocenters. The Kier molecular flexibility index (Phi) is 6.75. The molecule has 0 saturated heterocycles. The molecule has 0 fully saturated rings. The first-order valence-electron chi connectivity index (χ1n) is 9.66. The van der Waals surface area contributed by atoms with Crippen molar-refractivity contribution >= 4 is 39.3 Å². The Bertz CT molecular complexity index is 952. The molecule has 3 rings (SSSR count). The monoisotopic (exact) mass is 456 g/mol. The molecule has 6 heteroatoms. The van der Waals surface area contributed by atoms with Crippen molar-refractivity contribution in [3.05, 3.63) is 58.1 Å². The molecule has 1 aliphatic heterocycles. The van der Waals surface area contributed by atoms with Crippen molar-refractivity contribution in [1.82, 2.24) is 0 Å². The second kappa shape index (κ2) is 9.27. The summed E-state index contributed by atoms with van der Waals surface area (Å²) in [5.74, 6) is 1.58. The summed E-state index contributed by atoms with van der Waals surface area (Å²) >= 11 is 3.59. The Morgan fingerprint density at radius 1 is 1.17 bits per heavy atom. The summed E-state index contributed by atoms with van der Waals surface area (Å²) in [5, 5.41) is 5.86. The van der Waals surface area contributed by atoms with Crippen molar-refractivity contribution < 1.29 is 14.3 Å². The van der Waals surface area contributed by atoms with E-state index < -0.39 is 0 Å². The van der Waals surface area contributed by atoms with Crippen LogP contribution >= 0.6 is 15.9 Å². The van der Waals surface area contributed by atoms with Crippen LogP contribution in [0.1, 0.15) is 33.3 Å². The number of nitrogens with zero attached hydrogens (tertiary/aromatic N) is 2. The standard InChI is InChI=1S/C23H25BrN2O3/c1-5-28-21-13-17(12-20(24)22(21)29-14-15(2)3)11-19-16(4)25-26(23(19)27)18-9-7-6-8-10-18/h6-13,15H,5,14H2,1-4H3/b19-11-. The van der Waals surface area contributed by atoms with Gasteiger partial charge in [-0.05, 0) is 71.6 Å². The quantitative estimate of drug-likeness (QED) is 0.502. The minimum atomic E-state index is -0.150. The number of carbonyl (C=O) groups excluding carboxylic acids is 1. The van der Waals surface area contributed by atoms with Crippen LogP contribution in [0, 0.1) is 5.92 Å². The summed E-state index contributed by atoms with van der Waals surface area (Å²) in [6.45, 7) is 9.07. The molecule has 1 amide bonds. The van der Waals surface area contributed by atoms with Gasteiger partial charge in [0, 0.05) is 0 Å². The molecule has 0 aliphatic carbocycles. The van der Waals surface area contributed by atoms with E-state index >= 15 is 0 Å². The molecular weight excluding hydrogens is 432 g/mol. The van der Waals surface area contributed by atoms with Crippen LogP contribution in [0.3, 0.4) is 0 Å². The summed E-state index contributed by atoms with van der Waals surface area (Å²) in [6, 6.07) is 13.2. The third kappa shape index (κ3) is 4.88. The molecular formula is C23H25BrN2O3. The second-order valence-electron chi connectivity index (χ2n) is 7.16. The Morgan fingerprint density at radius 3 is 2.55 bits per heavy atom. The Morgan fingerprint density at radius 2 is 1.90 bits per heavy atom. The molecule has 0 N–H and O–H groups in total. The van der Waals surface area contributed by atoms with E-state index in [1.54, 1.807) is 0 Å². The predicted molar refractivity (Wildman–Crippen MR) is 121 cm³/mol. The van der Waals surface area contributed by atoms with Crippen LogP contribution in [0.25, 0.3) is 6.08 Å². The zero-order valence-electron chi connectivity index (χ0n) is 17.1. The highest BCUT2D eigenvalue weighted by Crippen LogP contribution is 2.38. The van der Waals surface area contributed by atoms with Crippen molar-refractivity contribution in [1.29, 1.82) is 0 Å². The number of benzene rings is 2. The molecule has 2 aromatic carbocycles. The molecule has 1 heterocycles. The van der Waals surface area contributed by atoms with Gasteiger partial charge in [-0.15, -0.1) is 0 Å². The van der Waals surface area contributed by atoms with Crippen LogP contribution in [0.15, 0.2) is 57.6 Å². The highest BCUT2D eigenvalue weighted by molar-refractivity contribution is 9.10. The van der Waals surface area contributed by atoms with E-state index in [9.17, 15) is 4.79 Å². The van der Waals surface area contributed by atoms with E-state index in [1.807, 2.05) is 62.4 Å². The first-order valence-corrected chi connectivity index (χ1v) is 10.5. The van der Waals surface area contributed by atoms with Crippen LogP contribution in [-0.4, -0.2) is 24.8 Å². The van der Waals surface area contributed by atoms with Crippen LogP contribution in [0.2, 0.25) is 0 Å². The lowest BCUT2D eigenvalue weighted by Crippen LogP contribution is -2.21. The number of para-hydroxylation sites is 1. The highest BCUT2D eigenvalue weighted by Gasteiger charge is 2.28. The number of amides is 1. The van der Waals surface area contributed by atoms with E-state index in [2.05, 4.69) is 34.9 Å². The maximum atomic E-state index is 12.9. The van der Waals surface area contributed by atoms with E-state index in [0.717, 1.165) is 15.7 Å². The van der Waals surface area contributed by atoms with Gasteiger partial charge in [0.25, 0.3) is 5.91 Å². The zero-order chi connectivity index (χ0) is 21.0. The third-order valence-electron chi connectivity index (χ3n) is 4.27. The molecule has 0 spiro atoms. The Labute approximate surface area is 180 Å². The number of hydrogen-bond donors (Lipinski definition) is 0. The molecule has 2 aromatic rings. The topological polar surface area (TPSA) is 51.1 Å². The predicted octanol–water partition coefficient (Wildman–Crippen LogP) is 5.69. The van der Waals surface area contributed by atoms with Crippen LogP contribution in [-0.2, 0) is 4.79 Å². The fourth-order valence-corrected chi connectivity index (χ4v) is 3.49. The lowest BCUT2D eigenvalue weighted by atomic mass is 10.1. The number of carbonyl (C=O) groups is 1. The van der Waals surface area contributed by atoms with Gasteiger partial charge in [-0.25, -0.2) is 0 Å². The van der Waals surface area contributed by atoms with Gasteiger partial charge in [-0.1, -0.05) is 32.0 Å². The van der Waals surface area contributed by atoms with Gasteiger partial charge >= 0.3 is 0 Å². The third-order valence-corrected chi connectivity index (χ3v) is 4.86. The molecule has 5 nitrogen and oxygen atoms in total. The van der Waals surface area contributed by atoms with Gasteiger partial charge in [0.2, 0.25) is 0 Å². The zero-order valence-corrected chi connectivity index (χ0v) is 18.7. The normalized spacial score (nSPS) is 15.2. The number of ether oxygens (including phenoxy) is 2. The van der Waals surface area contributed by atoms with Crippen LogP contribution in [0.4, 0.5) is 5.69 Å². The molecule has 29 heavy (non-hydrogen) atoms. The Hall–Kier alpha value is -2.60. The summed E-state index contributed by atoms with van der Waals surface area (Å²) in [6.07, 6.45) is 1.84. The summed E-state index contributed by atoms with van der Waals surface area (Å²) in [5.41, 5.74) is 2.81. The SMILES string of the molecule is CCOc1cc(/C=C2\C(=O)N(c3ccccc3)N=C2C)cc(Br)c1OCC(C)C. The summed E-state index contributed by atoms with van der Waals surface area (Å²) in [4.78, 5) is 12.9. The highest BCUT2D eigenvalue weighted by atomic mass is 79.9. The second-order valence-corrected chi connectivity index (χ2v) is 8.02. The van der Waals surface area contributed by atoms with E-state index in [-0.39, 0.29) is 5.91 Å². The molecule has 0 atom stereocenters. The minimum absolute atomic E-state index is 0.150. The maximum absolute atomic E-state index is 12.9. The maximum Gasteiger partial charge on any atom is 0.280 e. The Balaban J connectivity index is 1.93. The molecule has 0 aromatic heterocycles. The van der Waals surface area contributed by atoms with Gasteiger partial charge < -0.3 is 9.47 Å². The van der Waals surface area contributed by atoms with Gasteiger partial charge in [-0.2, -0.15) is 10.1 Å². The van der Waals surface area contributed by atoms with E-state index in [0.29, 0.717) is 41.9 Å². The smallest absolute Gasteiger partial charge is 0.280 e. The molecule has 152 valence electrons. The van der Waals surface area contributed by atoms with Crippen molar-refractivity contribution in [2.45, 2.75) is 27.7 Å². The molecule has 0 bridgehead atoms. The lowest BCUT2D eigenvalue weighted by molar-refractivity contribution is -0.114. The first-order chi connectivity index (χ1) is 13.9. The van der Waals surface area contributed by atoms with Gasteiger partial charge in [0.05, 0.1) is 34.7 Å². The van der Waals surface area contributed by atoms with Gasteiger partial charge in [0.1, 0.15) is 0 Å². The van der Waals surface area contributed by atoms with Gasteiger partial charge in [0.15, 0.2) is 11.5 Å². The van der Waals surface area contributed by atoms with Crippen molar-refractivity contribution in [2.75, 3.05) is 18.2 Å². The number of anilines is 1. The van der Waals surface area contributed by atoms with Crippen molar-refractivity contribution in [3.8, 4) is 11.5 Å². The van der Waals surface area contributed by atoms with Crippen LogP contribution in [0.5, 0.6) is 11.5 Å². The largest absolute Gasteiger partial charge is 0.490 e. The minimum Gasteiger partial charge on any atom is -0.490 e. The summed E-state index contributed by atoms with van der Waals surface area (Å²) in [7, 11) is 0.